The molecule has 1 aromatic heterocycles. The van der Waals surface area contributed by atoms with Crippen LogP contribution in [0.25, 0.3) is 11.4 Å². The largest absolute Gasteiger partial charge is 0.356 e. The molecule has 5 heteroatoms. The molecule has 2 aromatic rings. The van der Waals surface area contributed by atoms with Crippen LogP contribution < -0.4 is 10.2 Å². The number of piperidine rings is 1. The fourth-order valence-electron chi connectivity index (χ4n) is 4.39. The van der Waals surface area contributed by atoms with Gasteiger partial charge in [-0.05, 0) is 31.7 Å². The van der Waals surface area contributed by atoms with Gasteiger partial charge in [-0.25, -0.2) is 9.97 Å². The number of rotatable bonds is 4. The van der Waals surface area contributed by atoms with E-state index in [2.05, 4.69) is 15.2 Å². The second-order valence-corrected chi connectivity index (χ2v) is 8.09. The van der Waals surface area contributed by atoms with Crippen LogP contribution in [-0.4, -0.2) is 35.0 Å². The van der Waals surface area contributed by atoms with Crippen LogP contribution in [0.5, 0.6) is 0 Å². The van der Waals surface area contributed by atoms with Gasteiger partial charge in [0.25, 0.3) is 0 Å². The molecule has 2 aliphatic rings. The Labute approximate surface area is 167 Å². The topological polar surface area (TPSA) is 58.1 Å². The first-order valence-corrected chi connectivity index (χ1v) is 10.7. The van der Waals surface area contributed by atoms with Crippen LogP contribution in [0.2, 0.25) is 0 Å². The number of nitrogens with one attached hydrogen (secondary N) is 1. The van der Waals surface area contributed by atoms with Gasteiger partial charge >= 0.3 is 0 Å². The monoisotopic (exact) mass is 378 g/mol. The van der Waals surface area contributed by atoms with Crippen molar-refractivity contribution in [2.75, 3.05) is 18.0 Å². The Kier molecular flexibility index (Phi) is 6.20. The van der Waals surface area contributed by atoms with Crippen LogP contribution in [0.3, 0.4) is 0 Å². The molecule has 0 spiro atoms. The van der Waals surface area contributed by atoms with Crippen molar-refractivity contribution in [3.8, 4) is 11.4 Å². The number of hydrogen-bond acceptors (Lipinski definition) is 4. The average Bonchev–Trinajstić information content (AvgIpc) is 3.03. The number of benzene rings is 1. The predicted molar refractivity (Wildman–Crippen MR) is 112 cm³/mol. The highest BCUT2D eigenvalue weighted by Gasteiger charge is 2.28. The smallest absolute Gasteiger partial charge is 0.225 e. The summed E-state index contributed by atoms with van der Waals surface area (Å²) in [7, 11) is 0. The lowest BCUT2D eigenvalue weighted by atomic mass is 9.96. The standard InChI is InChI=1S/C23H30N4O/c28-23(25-20-12-6-1-2-7-13-20)19-11-8-16-27(17-19)21-14-15-24-22(26-21)18-9-4-3-5-10-18/h3-5,9-10,14-15,19-20H,1-2,6-8,11-13,16-17H2,(H,25,28)/t19-/m1/s1. The maximum atomic E-state index is 12.9. The van der Waals surface area contributed by atoms with Gasteiger partial charge < -0.3 is 10.2 Å². The Morgan fingerprint density at radius 1 is 0.964 bits per heavy atom. The normalized spacial score (nSPS) is 21.1. The highest BCUT2D eigenvalue weighted by atomic mass is 16.2. The minimum atomic E-state index is 0.0483. The molecule has 0 unspecified atom stereocenters. The van der Waals surface area contributed by atoms with Crippen LogP contribution in [0, 0.1) is 5.92 Å². The highest BCUT2D eigenvalue weighted by Crippen LogP contribution is 2.25. The summed E-state index contributed by atoms with van der Waals surface area (Å²) in [6, 6.07) is 12.4. The van der Waals surface area contributed by atoms with E-state index < -0.39 is 0 Å². The summed E-state index contributed by atoms with van der Waals surface area (Å²) in [5.41, 5.74) is 1.02. The first kappa shape index (κ1) is 18.9. The molecule has 1 aliphatic heterocycles. The van der Waals surface area contributed by atoms with Crippen LogP contribution >= 0.6 is 0 Å². The molecule has 1 aliphatic carbocycles. The van der Waals surface area contributed by atoms with Gasteiger partial charge in [0.05, 0.1) is 5.92 Å². The van der Waals surface area contributed by atoms with E-state index in [1.807, 2.05) is 42.6 Å². The van der Waals surface area contributed by atoms with Gasteiger partial charge in [-0.15, -0.1) is 0 Å². The van der Waals surface area contributed by atoms with E-state index in [9.17, 15) is 4.79 Å². The van der Waals surface area contributed by atoms with Gasteiger partial charge in [-0.3, -0.25) is 4.79 Å². The number of nitrogens with zero attached hydrogens (tertiary/aromatic N) is 3. The second-order valence-electron chi connectivity index (χ2n) is 8.09. The number of carbonyl (C=O) groups is 1. The lowest BCUT2D eigenvalue weighted by Gasteiger charge is -2.33. The molecule has 0 bridgehead atoms. The van der Waals surface area contributed by atoms with Crippen molar-refractivity contribution >= 4 is 11.7 Å². The van der Waals surface area contributed by atoms with Crippen LogP contribution in [0.1, 0.15) is 51.4 Å². The van der Waals surface area contributed by atoms with Crippen molar-refractivity contribution < 1.29 is 4.79 Å². The van der Waals surface area contributed by atoms with Crippen LogP contribution in [-0.2, 0) is 4.79 Å². The summed E-state index contributed by atoms with van der Waals surface area (Å²) in [4.78, 5) is 24.3. The highest BCUT2D eigenvalue weighted by molar-refractivity contribution is 5.80. The molecule has 1 saturated carbocycles. The minimum Gasteiger partial charge on any atom is -0.356 e. The number of carbonyl (C=O) groups excluding carboxylic acids is 1. The predicted octanol–water partition coefficient (Wildman–Crippen LogP) is 4.20. The number of amides is 1. The number of aromatic nitrogens is 2. The van der Waals surface area contributed by atoms with Crippen molar-refractivity contribution in [1.82, 2.24) is 15.3 Å². The quantitative estimate of drug-likeness (QED) is 0.810. The molecule has 2 heterocycles. The van der Waals surface area contributed by atoms with Crippen molar-refractivity contribution in [3.63, 3.8) is 0 Å². The van der Waals surface area contributed by atoms with E-state index in [4.69, 9.17) is 4.98 Å². The molecule has 148 valence electrons. The van der Waals surface area contributed by atoms with E-state index in [1.54, 1.807) is 0 Å². The summed E-state index contributed by atoms with van der Waals surface area (Å²) < 4.78 is 0. The summed E-state index contributed by atoms with van der Waals surface area (Å²) >= 11 is 0. The van der Waals surface area contributed by atoms with E-state index >= 15 is 0 Å². The summed E-state index contributed by atoms with van der Waals surface area (Å²) in [5, 5.41) is 3.34. The number of hydrogen-bond donors (Lipinski definition) is 1. The molecule has 0 radical (unpaired) electrons. The summed E-state index contributed by atoms with van der Waals surface area (Å²) in [6.07, 6.45) is 11.2. The second kappa shape index (κ2) is 9.18. The molecule has 1 atom stereocenters. The molecular weight excluding hydrogens is 348 g/mol. The number of anilines is 1. The third-order valence-corrected chi connectivity index (χ3v) is 5.99. The third-order valence-electron chi connectivity index (χ3n) is 5.99. The van der Waals surface area contributed by atoms with Gasteiger partial charge in [0.1, 0.15) is 5.82 Å². The van der Waals surface area contributed by atoms with Crippen molar-refractivity contribution in [1.29, 1.82) is 0 Å². The van der Waals surface area contributed by atoms with Gasteiger partial charge in [0.15, 0.2) is 5.82 Å². The fraction of sp³-hybridized carbons (Fsp3) is 0.522. The van der Waals surface area contributed by atoms with Gasteiger partial charge in [-0.1, -0.05) is 56.0 Å². The Bertz CT molecular complexity index is 771. The van der Waals surface area contributed by atoms with Crippen molar-refractivity contribution in [2.24, 2.45) is 5.92 Å². The first-order chi connectivity index (χ1) is 13.8. The van der Waals surface area contributed by atoms with Crippen molar-refractivity contribution in [3.05, 3.63) is 42.6 Å². The fourth-order valence-corrected chi connectivity index (χ4v) is 4.39. The molecule has 1 saturated heterocycles. The molecule has 1 amide bonds. The molecule has 1 N–H and O–H groups in total. The van der Waals surface area contributed by atoms with Gasteiger partial charge in [0, 0.05) is 30.9 Å². The Balaban J connectivity index is 1.41. The zero-order valence-corrected chi connectivity index (χ0v) is 16.5. The third kappa shape index (κ3) is 4.70. The molecule has 4 rings (SSSR count). The van der Waals surface area contributed by atoms with Crippen molar-refractivity contribution in [2.45, 2.75) is 57.4 Å². The van der Waals surface area contributed by atoms with E-state index in [-0.39, 0.29) is 11.8 Å². The average molecular weight is 379 g/mol. The SMILES string of the molecule is O=C(NC1CCCCCC1)[C@@H]1CCCN(c2ccnc(-c3ccccc3)n2)C1. The molecule has 1 aromatic carbocycles. The van der Waals surface area contributed by atoms with E-state index in [0.717, 1.165) is 56.0 Å². The Morgan fingerprint density at radius 2 is 1.75 bits per heavy atom. The maximum Gasteiger partial charge on any atom is 0.225 e. The first-order valence-electron chi connectivity index (χ1n) is 10.7. The Hall–Kier alpha value is -2.43. The van der Waals surface area contributed by atoms with Gasteiger partial charge in [-0.2, -0.15) is 0 Å². The van der Waals surface area contributed by atoms with Gasteiger partial charge in [0.2, 0.25) is 5.91 Å². The molecule has 5 nitrogen and oxygen atoms in total. The maximum absolute atomic E-state index is 12.9. The van der Waals surface area contributed by atoms with E-state index in [1.165, 1.54) is 25.7 Å². The summed E-state index contributed by atoms with van der Waals surface area (Å²) in [6.45, 7) is 1.68. The zero-order chi connectivity index (χ0) is 19.2. The zero-order valence-electron chi connectivity index (χ0n) is 16.5. The molecule has 2 fully saturated rings. The van der Waals surface area contributed by atoms with Crippen LogP contribution in [0.15, 0.2) is 42.6 Å². The Morgan fingerprint density at radius 3 is 2.54 bits per heavy atom. The minimum absolute atomic E-state index is 0.0483. The van der Waals surface area contributed by atoms with Crippen LogP contribution in [0.4, 0.5) is 5.82 Å². The lowest BCUT2D eigenvalue weighted by Crippen LogP contribution is -2.46. The molecular formula is C23H30N4O. The molecule has 28 heavy (non-hydrogen) atoms. The lowest BCUT2D eigenvalue weighted by molar-refractivity contribution is -0.126. The summed E-state index contributed by atoms with van der Waals surface area (Å²) in [5.74, 6) is 1.94. The van der Waals surface area contributed by atoms with E-state index in [0.29, 0.717) is 6.04 Å².